The number of hydrogen-bond donors (Lipinski definition) is 2. The number of fused-ring (bicyclic) bond motifs is 1. The first kappa shape index (κ1) is 21.9. The largest absolute Gasteiger partial charge is 0.478 e. The van der Waals surface area contributed by atoms with Crippen LogP contribution < -0.4 is 15.8 Å². The van der Waals surface area contributed by atoms with Crippen LogP contribution in [0.25, 0.3) is 22.1 Å². The highest BCUT2D eigenvalue weighted by Gasteiger charge is 2.23. The average Bonchev–Trinajstić information content (AvgIpc) is 3.22. The number of carbonyl (C=O) groups is 1. The molecule has 3 N–H and O–H groups in total. The van der Waals surface area contributed by atoms with Crippen LogP contribution in [0.3, 0.4) is 0 Å². The maximum atomic E-state index is 14.0. The number of amides is 1. The Balaban J connectivity index is 1.77. The molecule has 0 saturated carbocycles. The second-order valence-electron chi connectivity index (χ2n) is 7.04. The number of nitrogen functional groups attached to an aromatic ring is 1. The van der Waals surface area contributed by atoms with Crippen LogP contribution in [-0.4, -0.2) is 17.9 Å². The van der Waals surface area contributed by atoms with Crippen LogP contribution in [0.1, 0.15) is 28.9 Å². The summed E-state index contributed by atoms with van der Waals surface area (Å²) in [7, 11) is 1.57. The molecule has 2 aromatic heterocycles. The number of hydrogen-bond acceptors (Lipinski definition) is 5. The summed E-state index contributed by atoms with van der Waals surface area (Å²) in [6.45, 7) is 1.67. The Kier molecular flexibility index (Phi) is 5.95. The van der Waals surface area contributed by atoms with Crippen molar-refractivity contribution in [3.05, 3.63) is 75.8 Å². The van der Waals surface area contributed by atoms with Crippen molar-refractivity contribution in [2.45, 2.75) is 13.0 Å². The number of furan rings is 1. The Labute approximate surface area is 193 Å². The summed E-state index contributed by atoms with van der Waals surface area (Å²) in [4.78, 5) is 16.2. The quantitative estimate of drug-likeness (QED) is 0.345. The summed E-state index contributed by atoms with van der Waals surface area (Å²) in [6.07, 6.45) is 2.36. The van der Waals surface area contributed by atoms with Crippen LogP contribution in [0.2, 0.25) is 10.0 Å². The zero-order valence-corrected chi connectivity index (χ0v) is 18.6. The molecule has 2 aromatic carbocycles. The van der Waals surface area contributed by atoms with Crippen LogP contribution >= 0.6 is 23.2 Å². The molecule has 0 saturated heterocycles. The van der Waals surface area contributed by atoms with E-state index in [1.165, 1.54) is 18.4 Å². The molecule has 1 atom stereocenters. The average molecular weight is 474 g/mol. The molecular weight excluding hydrogens is 456 g/mol. The molecule has 32 heavy (non-hydrogen) atoms. The Morgan fingerprint density at radius 3 is 2.81 bits per heavy atom. The highest BCUT2D eigenvalue weighted by Crippen LogP contribution is 2.41. The van der Waals surface area contributed by atoms with Crippen LogP contribution in [0, 0.1) is 5.82 Å². The zero-order valence-electron chi connectivity index (χ0n) is 17.1. The SMILES string of the molecule is CNC(=O)c1cccc(-c2coc3c(OC(C)c4c(Cl)ccc(F)c4Cl)c(N)ncc23)c1. The van der Waals surface area contributed by atoms with Gasteiger partial charge in [-0.05, 0) is 36.8 Å². The monoisotopic (exact) mass is 473 g/mol. The van der Waals surface area contributed by atoms with Gasteiger partial charge in [-0.3, -0.25) is 4.79 Å². The molecule has 0 aliphatic heterocycles. The van der Waals surface area contributed by atoms with Gasteiger partial charge in [-0.25, -0.2) is 9.37 Å². The Morgan fingerprint density at radius 2 is 2.06 bits per heavy atom. The molecule has 2 heterocycles. The molecule has 0 aliphatic rings. The van der Waals surface area contributed by atoms with Crippen molar-refractivity contribution in [1.29, 1.82) is 0 Å². The van der Waals surface area contributed by atoms with Gasteiger partial charge in [-0.15, -0.1) is 0 Å². The molecule has 1 amide bonds. The molecule has 4 rings (SSSR count). The van der Waals surface area contributed by atoms with E-state index >= 15 is 0 Å². The minimum Gasteiger partial charge on any atom is -0.478 e. The molecule has 0 spiro atoms. The maximum absolute atomic E-state index is 14.0. The van der Waals surface area contributed by atoms with Crippen molar-refractivity contribution < 1.29 is 18.3 Å². The number of ether oxygens (including phenoxy) is 1. The third kappa shape index (κ3) is 3.85. The molecular formula is C23H18Cl2FN3O3. The summed E-state index contributed by atoms with van der Waals surface area (Å²) < 4.78 is 25.8. The van der Waals surface area contributed by atoms with Crippen LogP contribution in [-0.2, 0) is 0 Å². The molecule has 0 bridgehead atoms. The lowest BCUT2D eigenvalue weighted by atomic mass is 10.0. The topological polar surface area (TPSA) is 90.4 Å². The first-order valence-electron chi connectivity index (χ1n) is 9.60. The molecule has 9 heteroatoms. The van der Waals surface area contributed by atoms with E-state index in [-0.39, 0.29) is 33.1 Å². The lowest BCUT2D eigenvalue weighted by molar-refractivity contribution is 0.0963. The highest BCUT2D eigenvalue weighted by molar-refractivity contribution is 6.36. The molecule has 6 nitrogen and oxygen atoms in total. The second kappa shape index (κ2) is 8.68. The fraction of sp³-hybridized carbons (Fsp3) is 0.130. The maximum Gasteiger partial charge on any atom is 0.251 e. The van der Waals surface area contributed by atoms with Crippen molar-refractivity contribution in [1.82, 2.24) is 10.3 Å². The van der Waals surface area contributed by atoms with E-state index in [4.69, 9.17) is 38.1 Å². The smallest absolute Gasteiger partial charge is 0.251 e. The third-order valence-corrected chi connectivity index (χ3v) is 5.76. The van der Waals surface area contributed by atoms with Crippen LogP contribution in [0.5, 0.6) is 5.75 Å². The van der Waals surface area contributed by atoms with Crippen molar-refractivity contribution in [3.8, 4) is 16.9 Å². The second-order valence-corrected chi connectivity index (χ2v) is 7.83. The van der Waals surface area contributed by atoms with E-state index in [2.05, 4.69) is 10.3 Å². The minimum absolute atomic E-state index is 0.0907. The number of aromatic nitrogens is 1. The number of nitrogens with two attached hydrogens (primary N) is 1. The Bertz CT molecular complexity index is 1340. The standard InChI is InChI=1S/C23H18Cl2FN3O3/c1-11(18-16(24)6-7-17(26)19(18)25)32-21-20-14(9-29-22(21)27)15(10-31-20)12-4-3-5-13(8-12)23(30)28-2/h3-11H,1-2H3,(H2,27,29)(H,28,30). The molecule has 0 fully saturated rings. The van der Waals surface area contributed by atoms with Gasteiger partial charge in [0.2, 0.25) is 5.75 Å². The van der Waals surface area contributed by atoms with Crippen molar-refractivity contribution >= 4 is 45.9 Å². The van der Waals surface area contributed by atoms with Crippen molar-refractivity contribution in [3.63, 3.8) is 0 Å². The van der Waals surface area contributed by atoms with E-state index in [1.807, 2.05) is 6.07 Å². The van der Waals surface area contributed by atoms with Gasteiger partial charge in [0.15, 0.2) is 11.4 Å². The third-order valence-electron chi connectivity index (χ3n) is 5.04. The van der Waals surface area contributed by atoms with Gasteiger partial charge in [-0.2, -0.15) is 0 Å². The fourth-order valence-corrected chi connectivity index (χ4v) is 4.12. The van der Waals surface area contributed by atoms with Crippen LogP contribution in [0.15, 0.2) is 53.3 Å². The number of nitrogens with one attached hydrogen (secondary N) is 1. The lowest BCUT2D eigenvalue weighted by Crippen LogP contribution is -2.17. The molecule has 164 valence electrons. The number of benzene rings is 2. The predicted molar refractivity (Wildman–Crippen MR) is 123 cm³/mol. The molecule has 0 aliphatic carbocycles. The number of pyridine rings is 1. The molecule has 0 radical (unpaired) electrons. The van der Waals surface area contributed by atoms with Crippen molar-refractivity contribution in [2.75, 3.05) is 12.8 Å². The first-order chi connectivity index (χ1) is 15.3. The predicted octanol–water partition coefficient (Wildman–Crippen LogP) is 6.02. The summed E-state index contributed by atoms with van der Waals surface area (Å²) in [5.41, 5.74) is 8.67. The van der Waals surface area contributed by atoms with Crippen LogP contribution in [0.4, 0.5) is 10.2 Å². The van der Waals surface area contributed by atoms with Crippen molar-refractivity contribution in [2.24, 2.45) is 0 Å². The number of halogens is 3. The van der Waals surface area contributed by atoms with Gasteiger partial charge in [-0.1, -0.05) is 35.3 Å². The first-order valence-corrected chi connectivity index (χ1v) is 10.4. The van der Waals surface area contributed by atoms with Gasteiger partial charge in [0.1, 0.15) is 11.9 Å². The van der Waals surface area contributed by atoms with Gasteiger partial charge in [0, 0.05) is 35.0 Å². The van der Waals surface area contributed by atoms with Gasteiger partial charge in [0.25, 0.3) is 5.91 Å². The molecule has 4 aromatic rings. The summed E-state index contributed by atoms with van der Waals surface area (Å²) in [5, 5.41) is 3.36. The minimum atomic E-state index is -0.745. The van der Waals surface area contributed by atoms with E-state index in [9.17, 15) is 9.18 Å². The lowest BCUT2D eigenvalue weighted by Gasteiger charge is -2.18. The summed E-state index contributed by atoms with van der Waals surface area (Å²) in [5.74, 6) is -0.543. The normalized spacial score (nSPS) is 12.0. The summed E-state index contributed by atoms with van der Waals surface area (Å²) in [6, 6.07) is 9.67. The zero-order chi connectivity index (χ0) is 23.0. The van der Waals surface area contributed by atoms with Gasteiger partial charge in [0.05, 0.1) is 16.7 Å². The fourth-order valence-electron chi connectivity index (χ4n) is 3.44. The number of rotatable bonds is 5. The van der Waals surface area contributed by atoms with Gasteiger partial charge < -0.3 is 20.2 Å². The van der Waals surface area contributed by atoms with E-state index in [1.54, 1.807) is 38.4 Å². The highest BCUT2D eigenvalue weighted by atomic mass is 35.5. The van der Waals surface area contributed by atoms with E-state index < -0.39 is 11.9 Å². The number of anilines is 1. The van der Waals surface area contributed by atoms with E-state index in [0.29, 0.717) is 22.1 Å². The van der Waals surface area contributed by atoms with Gasteiger partial charge >= 0.3 is 0 Å². The number of nitrogens with zero attached hydrogens (tertiary/aromatic N) is 1. The Hall–Kier alpha value is -3.29. The van der Waals surface area contributed by atoms with E-state index in [0.717, 1.165) is 5.56 Å². The molecule has 1 unspecified atom stereocenters. The summed E-state index contributed by atoms with van der Waals surface area (Å²) >= 11 is 12.3. The number of carbonyl (C=O) groups excluding carboxylic acids is 1. The Morgan fingerprint density at radius 1 is 1.28 bits per heavy atom.